The number of nitrogens with one attached hydrogen (secondary N) is 2. The summed E-state index contributed by atoms with van der Waals surface area (Å²) in [5, 5.41) is 9.06. The first-order valence-electron chi connectivity index (χ1n) is 14.6. The summed E-state index contributed by atoms with van der Waals surface area (Å²) in [5.41, 5.74) is 9.52. The summed E-state index contributed by atoms with van der Waals surface area (Å²) in [6.45, 7) is 2.99. The monoisotopic (exact) mass is 653 g/mol. The summed E-state index contributed by atoms with van der Waals surface area (Å²) in [6.07, 6.45) is 4.11. The van der Waals surface area contributed by atoms with Gasteiger partial charge < -0.3 is 14.6 Å². The number of ether oxygens (including phenoxy) is 2. The highest BCUT2D eigenvalue weighted by Gasteiger charge is 2.53. The number of aliphatic hydroxyl groups is 1. The number of hydrogen-bond acceptors (Lipinski definition) is 6. The number of carbonyl (C=O) groups is 1. The average Bonchev–Trinajstić information content (AvgIpc) is 3.43. The van der Waals surface area contributed by atoms with Crippen LogP contribution >= 0.6 is 15.9 Å². The molecule has 5 rings (SSSR count). The SMILES string of the molecule is Cc1cccc(CNNC(=O)[C@@]2(C/C=C/c3ccccc3)N=C(c3ccc(OCCCO)cc3)O[C@H]2c2ccccc2Br)c1. The zero-order chi connectivity index (χ0) is 30.8. The minimum Gasteiger partial charge on any atom is -0.494 e. The first kappa shape index (κ1) is 31.2. The number of aliphatic imine (C=N–C) groups is 1. The lowest BCUT2D eigenvalue weighted by molar-refractivity contribution is -0.129. The van der Waals surface area contributed by atoms with Gasteiger partial charge in [0.25, 0.3) is 5.91 Å². The molecule has 0 saturated carbocycles. The molecule has 0 aromatic heterocycles. The molecule has 1 heterocycles. The highest BCUT2D eigenvalue weighted by Crippen LogP contribution is 2.45. The Bertz CT molecular complexity index is 1610. The number of amides is 1. The van der Waals surface area contributed by atoms with Crippen LogP contribution < -0.4 is 15.6 Å². The molecular formula is C36H36BrN3O4. The fourth-order valence-corrected chi connectivity index (χ4v) is 5.57. The van der Waals surface area contributed by atoms with Gasteiger partial charge in [-0.2, -0.15) is 0 Å². The molecule has 7 nitrogen and oxygen atoms in total. The summed E-state index contributed by atoms with van der Waals surface area (Å²) < 4.78 is 13.1. The molecule has 2 atom stereocenters. The van der Waals surface area contributed by atoms with Crippen molar-refractivity contribution in [3.63, 3.8) is 0 Å². The van der Waals surface area contributed by atoms with Gasteiger partial charge in [-0.15, -0.1) is 0 Å². The third-order valence-electron chi connectivity index (χ3n) is 7.33. The lowest BCUT2D eigenvalue weighted by atomic mass is 9.84. The van der Waals surface area contributed by atoms with Gasteiger partial charge in [0.05, 0.1) is 6.61 Å². The van der Waals surface area contributed by atoms with Gasteiger partial charge in [0.15, 0.2) is 11.6 Å². The van der Waals surface area contributed by atoms with E-state index < -0.39 is 11.6 Å². The minimum atomic E-state index is -1.32. The molecular weight excluding hydrogens is 618 g/mol. The zero-order valence-corrected chi connectivity index (χ0v) is 26.2. The van der Waals surface area contributed by atoms with Crippen molar-refractivity contribution < 1.29 is 19.4 Å². The van der Waals surface area contributed by atoms with Crippen LogP contribution in [-0.2, 0) is 16.1 Å². The second-order valence-electron chi connectivity index (χ2n) is 10.6. The van der Waals surface area contributed by atoms with Crippen LogP contribution in [-0.4, -0.2) is 35.7 Å². The van der Waals surface area contributed by atoms with E-state index >= 15 is 0 Å². The lowest BCUT2D eigenvalue weighted by Gasteiger charge is -2.30. The third-order valence-corrected chi connectivity index (χ3v) is 8.06. The number of hydrogen-bond donors (Lipinski definition) is 3. The van der Waals surface area contributed by atoms with E-state index in [2.05, 4.69) is 32.8 Å². The normalized spacial score (nSPS) is 17.7. The van der Waals surface area contributed by atoms with E-state index in [0.29, 0.717) is 31.2 Å². The van der Waals surface area contributed by atoms with Crippen LogP contribution in [0.15, 0.2) is 119 Å². The number of rotatable bonds is 13. The largest absolute Gasteiger partial charge is 0.494 e. The summed E-state index contributed by atoms with van der Waals surface area (Å²) in [6, 6.07) is 33.3. The van der Waals surface area contributed by atoms with Gasteiger partial charge in [-0.25, -0.2) is 10.4 Å². The van der Waals surface area contributed by atoms with E-state index in [0.717, 1.165) is 32.3 Å². The Kier molecular flexibility index (Phi) is 10.6. The number of aryl methyl sites for hydroxylation is 1. The number of nitrogens with zero attached hydrogens (tertiary/aromatic N) is 1. The second-order valence-corrected chi connectivity index (χ2v) is 11.5. The quantitative estimate of drug-likeness (QED) is 0.110. The number of halogens is 1. The lowest BCUT2D eigenvalue weighted by Crippen LogP contribution is -2.52. The van der Waals surface area contributed by atoms with E-state index in [1.165, 1.54) is 0 Å². The molecule has 0 unspecified atom stereocenters. The van der Waals surface area contributed by atoms with Crippen molar-refractivity contribution >= 4 is 33.8 Å². The van der Waals surface area contributed by atoms with Gasteiger partial charge in [-0.1, -0.05) is 106 Å². The maximum absolute atomic E-state index is 14.3. The van der Waals surface area contributed by atoms with E-state index in [1.54, 1.807) is 0 Å². The van der Waals surface area contributed by atoms with Crippen molar-refractivity contribution in [1.29, 1.82) is 0 Å². The first-order valence-corrected chi connectivity index (χ1v) is 15.4. The summed E-state index contributed by atoms with van der Waals surface area (Å²) >= 11 is 3.69. The Labute approximate surface area is 266 Å². The Morgan fingerprint density at radius 1 is 1.02 bits per heavy atom. The topological polar surface area (TPSA) is 92.2 Å². The van der Waals surface area contributed by atoms with E-state index in [4.69, 9.17) is 19.6 Å². The molecule has 8 heteroatoms. The summed E-state index contributed by atoms with van der Waals surface area (Å²) in [7, 11) is 0. The van der Waals surface area contributed by atoms with E-state index in [-0.39, 0.29) is 18.9 Å². The van der Waals surface area contributed by atoms with Crippen LogP contribution in [0.2, 0.25) is 0 Å². The molecule has 0 bridgehead atoms. The van der Waals surface area contributed by atoms with Crippen molar-refractivity contribution in [2.45, 2.75) is 38.0 Å². The maximum Gasteiger partial charge on any atom is 0.266 e. The predicted octanol–water partition coefficient (Wildman–Crippen LogP) is 6.70. The molecule has 0 saturated heterocycles. The fourth-order valence-electron chi connectivity index (χ4n) is 5.08. The Morgan fingerprint density at radius 3 is 2.55 bits per heavy atom. The number of aliphatic hydroxyl groups excluding tert-OH is 1. The van der Waals surface area contributed by atoms with Crippen LogP contribution in [0.3, 0.4) is 0 Å². The molecule has 1 aliphatic heterocycles. The third kappa shape index (κ3) is 7.63. The highest BCUT2D eigenvalue weighted by atomic mass is 79.9. The fraction of sp³-hybridized carbons (Fsp3) is 0.222. The van der Waals surface area contributed by atoms with Gasteiger partial charge in [-0.3, -0.25) is 10.2 Å². The average molecular weight is 655 g/mol. The van der Waals surface area contributed by atoms with Crippen molar-refractivity contribution in [2.24, 2.45) is 4.99 Å². The van der Waals surface area contributed by atoms with Crippen LogP contribution in [0.5, 0.6) is 5.75 Å². The molecule has 4 aromatic rings. The molecule has 3 N–H and O–H groups in total. The van der Waals surface area contributed by atoms with Gasteiger partial charge in [0, 0.05) is 41.6 Å². The van der Waals surface area contributed by atoms with Crippen LogP contribution in [0.25, 0.3) is 6.08 Å². The van der Waals surface area contributed by atoms with Crippen molar-refractivity contribution in [3.05, 3.63) is 141 Å². The van der Waals surface area contributed by atoms with Gasteiger partial charge in [0.2, 0.25) is 5.90 Å². The van der Waals surface area contributed by atoms with E-state index in [9.17, 15) is 4.79 Å². The molecule has 1 aliphatic rings. The molecule has 44 heavy (non-hydrogen) atoms. The Balaban J connectivity index is 1.49. The van der Waals surface area contributed by atoms with Crippen molar-refractivity contribution in [1.82, 2.24) is 10.9 Å². The highest BCUT2D eigenvalue weighted by molar-refractivity contribution is 9.10. The number of carbonyl (C=O) groups excluding carboxylic acids is 1. The predicted molar refractivity (Wildman–Crippen MR) is 177 cm³/mol. The standard InChI is InChI=1S/C36H36BrN3O4/c1-26-10-7-13-28(24-26)25-38-40-35(42)36(21-8-14-27-11-3-2-4-12-27)33(31-15-5-6-16-32(31)37)44-34(39-36)29-17-19-30(20-18-29)43-23-9-22-41/h2-8,10-20,24,33,38,41H,9,21-23,25H2,1H3,(H,40,42)/b14-8+/t33-,36-/m0/s1. The molecule has 0 aliphatic carbocycles. The minimum absolute atomic E-state index is 0.0713. The van der Waals surface area contributed by atoms with Crippen LogP contribution in [0.1, 0.15) is 46.8 Å². The Hall–Kier alpha value is -4.24. The Morgan fingerprint density at radius 2 is 1.80 bits per heavy atom. The first-order chi connectivity index (χ1) is 21.5. The maximum atomic E-state index is 14.3. The van der Waals surface area contributed by atoms with E-state index in [1.807, 2.05) is 116 Å². The number of benzene rings is 4. The summed E-state index contributed by atoms with van der Waals surface area (Å²) in [5.74, 6) is 0.746. The van der Waals surface area contributed by atoms with Crippen LogP contribution in [0, 0.1) is 6.92 Å². The smallest absolute Gasteiger partial charge is 0.266 e. The second kappa shape index (κ2) is 15.0. The molecule has 0 radical (unpaired) electrons. The molecule has 1 amide bonds. The van der Waals surface area contributed by atoms with Gasteiger partial charge in [-0.05, 0) is 48.4 Å². The van der Waals surface area contributed by atoms with Gasteiger partial charge >= 0.3 is 0 Å². The van der Waals surface area contributed by atoms with Crippen molar-refractivity contribution in [2.75, 3.05) is 13.2 Å². The van der Waals surface area contributed by atoms with Crippen molar-refractivity contribution in [3.8, 4) is 5.75 Å². The summed E-state index contributed by atoms with van der Waals surface area (Å²) in [4.78, 5) is 19.4. The van der Waals surface area contributed by atoms with Crippen LogP contribution in [0.4, 0.5) is 0 Å². The number of hydrazine groups is 1. The molecule has 0 fully saturated rings. The molecule has 226 valence electrons. The molecule has 0 spiro atoms. The van der Waals surface area contributed by atoms with Gasteiger partial charge in [0.1, 0.15) is 5.75 Å². The molecule has 4 aromatic carbocycles. The zero-order valence-electron chi connectivity index (χ0n) is 24.6.